The van der Waals surface area contributed by atoms with Gasteiger partial charge in [0.25, 0.3) is 0 Å². The SMILES string of the molecule is CC(CN)C(=O)N1CCSCC1c1ccccc1.Cl. The van der Waals surface area contributed by atoms with Crippen molar-refractivity contribution in [1.82, 2.24) is 4.90 Å². The molecule has 0 radical (unpaired) electrons. The largest absolute Gasteiger partial charge is 0.334 e. The summed E-state index contributed by atoms with van der Waals surface area (Å²) in [6, 6.07) is 10.5. The highest BCUT2D eigenvalue weighted by molar-refractivity contribution is 7.99. The highest BCUT2D eigenvalue weighted by Gasteiger charge is 2.30. The molecule has 1 fully saturated rings. The first-order valence-corrected chi connectivity index (χ1v) is 7.52. The number of thioether (sulfide) groups is 1. The van der Waals surface area contributed by atoms with Crippen molar-refractivity contribution in [3.8, 4) is 0 Å². The van der Waals surface area contributed by atoms with Gasteiger partial charge in [0, 0.05) is 30.5 Å². The van der Waals surface area contributed by atoms with Crippen molar-refractivity contribution in [3.63, 3.8) is 0 Å². The molecule has 1 aromatic carbocycles. The molecule has 0 aromatic heterocycles. The molecular weight excluding hydrogens is 280 g/mol. The third-order valence-electron chi connectivity index (χ3n) is 3.37. The van der Waals surface area contributed by atoms with E-state index in [1.54, 1.807) is 0 Å². The summed E-state index contributed by atoms with van der Waals surface area (Å²) in [5, 5.41) is 0. The van der Waals surface area contributed by atoms with Crippen LogP contribution in [0.25, 0.3) is 0 Å². The van der Waals surface area contributed by atoms with E-state index in [1.165, 1.54) is 5.56 Å². The minimum Gasteiger partial charge on any atom is -0.334 e. The molecule has 106 valence electrons. The molecule has 1 heterocycles. The van der Waals surface area contributed by atoms with Crippen molar-refractivity contribution < 1.29 is 4.79 Å². The maximum absolute atomic E-state index is 12.3. The van der Waals surface area contributed by atoms with Crippen molar-refractivity contribution in [3.05, 3.63) is 35.9 Å². The number of benzene rings is 1. The summed E-state index contributed by atoms with van der Waals surface area (Å²) in [7, 11) is 0. The van der Waals surface area contributed by atoms with Crippen LogP contribution in [0.3, 0.4) is 0 Å². The van der Waals surface area contributed by atoms with Gasteiger partial charge in [-0.25, -0.2) is 0 Å². The lowest BCUT2D eigenvalue weighted by molar-refractivity contribution is -0.136. The maximum Gasteiger partial charge on any atom is 0.227 e. The van der Waals surface area contributed by atoms with E-state index < -0.39 is 0 Å². The highest BCUT2D eigenvalue weighted by atomic mass is 35.5. The zero-order valence-corrected chi connectivity index (χ0v) is 12.8. The van der Waals surface area contributed by atoms with Gasteiger partial charge in [-0.1, -0.05) is 37.3 Å². The summed E-state index contributed by atoms with van der Waals surface area (Å²) >= 11 is 1.91. The van der Waals surface area contributed by atoms with Crippen LogP contribution in [0.15, 0.2) is 30.3 Å². The Bertz CT molecular complexity index is 402. The van der Waals surface area contributed by atoms with Crippen LogP contribution in [-0.4, -0.2) is 35.4 Å². The molecule has 1 amide bonds. The summed E-state index contributed by atoms with van der Waals surface area (Å²) in [4.78, 5) is 14.4. The smallest absolute Gasteiger partial charge is 0.227 e. The molecule has 5 heteroatoms. The Balaban J connectivity index is 0.00000180. The van der Waals surface area contributed by atoms with E-state index >= 15 is 0 Å². The van der Waals surface area contributed by atoms with Crippen molar-refractivity contribution in [2.45, 2.75) is 13.0 Å². The van der Waals surface area contributed by atoms with Crippen molar-refractivity contribution in [1.29, 1.82) is 0 Å². The zero-order valence-electron chi connectivity index (χ0n) is 11.1. The Kier molecular flexibility index (Phi) is 6.69. The summed E-state index contributed by atoms with van der Waals surface area (Å²) in [5.41, 5.74) is 6.84. The van der Waals surface area contributed by atoms with Gasteiger partial charge in [-0.05, 0) is 5.56 Å². The summed E-state index contributed by atoms with van der Waals surface area (Å²) in [6.45, 7) is 3.16. The van der Waals surface area contributed by atoms with Gasteiger partial charge < -0.3 is 10.6 Å². The number of nitrogens with zero attached hydrogens (tertiary/aromatic N) is 1. The van der Waals surface area contributed by atoms with Crippen LogP contribution in [0.2, 0.25) is 0 Å². The van der Waals surface area contributed by atoms with Gasteiger partial charge in [-0.15, -0.1) is 12.4 Å². The zero-order chi connectivity index (χ0) is 13.0. The van der Waals surface area contributed by atoms with E-state index in [2.05, 4.69) is 12.1 Å². The normalized spacial score (nSPS) is 20.5. The lowest BCUT2D eigenvalue weighted by Crippen LogP contribution is -2.44. The predicted octanol–water partition coefficient (Wildman–Crippen LogP) is 2.32. The van der Waals surface area contributed by atoms with E-state index in [-0.39, 0.29) is 30.3 Å². The van der Waals surface area contributed by atoms with Crippen LogP contribution < -0.4 is 5.73 Å². The Morgan fingerprint density at radius 1 is 1.47 bits per heavy atom. The molecule has 2 N–H and O–H groups in total. The molecule has 0 saturated carbocycles. The number of carbonyl (C=O) groups excluding carboxylic acids is 1. The van der Waals surface area contributed by atoms with Crippen LogP contribution >= 0.6 is 24.2 Å². The first-order chi connectivity index (χ1) is 8.74. The molecule has 0 spiro atoms. The van der Waals surface area contributed by atoms with Crippen LogP contribution in [-0.2, 0) is 4.79 Å². The third-order valence-corrected chi connectivity index (χ3v) is 4.39. The lowest BCUT2D eigenvalue weighted by atomic mass is 10.0. The first-order valence-electron chi connectivity index (χ1n) is 6.37. The Labute approximate surface area is 125 Å². The average molecular weight is 301 g/mol. The Morgan fingerprint density at radius 2 is 2.16 bits per heavy atom. The highest BCUT2D eigenvalue weighted by Crippen LogP contribution is 2.30. The fraction of sp³-hybridized carbons (Fsp3) is 0.500. The van der Waals surface area contributed by atoms with Crippen LogP contribution in [0.4, 0.5) is 0 Å². The number of carbonyl (C=O) groups is 1. The van der Waals surface area contributed by atoms with Gasteiger partial charge >= 0.3 is 0 Å². The van der Waals surface area contributed by atoms with E-state index in [4.69, 9.17) is 5.73 Å². The van der Waals surface area contributed by atoms with Crippen molar-refractivity contribution in [2.24, 2.45) is 11.7 Å². The fourth-order valence-electron chi connectivity index (χ4n) is 2.20. The van der Waals surface area contributed by atoms with E-state index in [0.717, 1.165) is 18.1 Å². The van der Waals surface area contributed by atoms with Gasteiger partial charge in [-0.2, -0.15) is 11.8 Å². The van der Waals surface area contributed by atoms with Crippen molar-refractivity contribution in [2.75, 3.05) is 24.6 Å². The van der Waals surface area contributed by atoms with Gasteiger partial charge in [-0.3, -0.25) is 4.79 Å². The fourth-order valence-corrected chi connectivity index (χ4v) is 3.29. The second kappa shape index (κ2) is 7.78. The molecule has 1 aliphatic heterocycles. The van der Waals surface area contributed by atoms with E-state index in [1.807, 2.05) is 41.8 Å². The third kappa shape index (κ3) is 3.88. The number of amides is 1. The number of nitrogens with two attached hydrogens (primary N) is 1. The second-order valence-corrected chi connectivity index (χ2v) is 5.82. The molecule has 0 aliphatic carbocycles. The summed E-state index contributed by atoms with van der Waals surface area (Å²) in [5.74, 6) is 2.10. The maximum atomic E-state index is 12.3. The molecule has 1 saturated heterocycles. The molecule has 2 rings (SSSR count). The Hall–Kier alpha value is -0.710. The second-order valence-electron chi connectivity index (χ2n) is 4.67. The monoisotopic (exact) mass is 300 g/mol. The molecule has 3 nitrogen and oxygen atoms in total. The molecule has 2 atom stereocenters. The van der Waals surface area contributed by atoms with E-state index in [0.29, 0.717) is 6.54 Å². The van der Waals surface area contributed by atoms with Gasteiger partial charge in [0.05, 0.1) is 6.04 Å². The molecule has 19 heavy (non-hydrogen) atoms. The summed E-state index contributed by atoms with van der Waals surface area (Å²) in [6.07, 6.45) is 0. The standard InChI is InChI=1S/C14H20N2OS.ClH/c1-11(9-15)14(17)16-7-8-18-10-13(16)12-5-3-2-4-6-12;/h2-6,11,13H,7-10,15H2,1H3;1H. The van der Waals surface area contributed by atoms with E-state index in [9.17, 15) is 4.79 Å². The minimum absolute atomic E-state index is 0. The number of hydrogen-bond donors (Lipinski definition) is 1. The minimum atomic E-state index is -0.0840. The molecule has 2 unspecified atom stereocenters. The quantitative estimate of drug-likeness (QED) is 0.932. The molecule has 1 aliphatic rings. The van der Waals surface area contributed by atoms with Gasteiger partial charge in [0.15, 0.2) is 0 Å². The summed E-state index contributed by atoms with van der Waals surface area (Å²) < 4.78 is 0. The lowest BCUT2D eigenvalue weighted by Gasteiger charge is -2.37. The van der Waals surface area contributed by atoms with Crippen molar-refractivity contribution >= 4 is 30.1 Å². The van der Waals surface area contributed by atoms with Crippen LogP contribution in [0.1, 0.15) is 18.5 Å². The molecule has 0 bridgehead atoms. The molecule has 1 aromatic rings. The number of hydrogen-bond acceptors (Lipinski definition) is 3. The Morgan fingerprint density at radius 3 is 2.79 bits per heavy atom. The van der Waals surface area contributed by atoms with Crippen LogP contribution in [0.5, 0.6) is 0 Å². The van der Waals surface area contributed by atoms with Crippen LogP contribution in [0, 0.1) is 5.92 Å². The topological polar surface area (TPSA) is 46.3 Å². The first kappa shape index (κ1) is 16.3. The average Bonchev–Trinajstić information content (AvgIpc) is 2.46. The molecular formula is C14H21ClN2OS. The predicted molar refractivity (Wildman–Crippen MR) is 83.7 cm³/mol. The van der Waals surface area contributed by atoms with Gasteiger partial charge in [0.1, 0.15) is 0 Å². The van der Waals surface area contributed by atoms with Gasteiger partial charge in [0.2, 0.25) is 5.91 Å². The number of halogens is 1. The number of rotatable bonds is 3.